The van der Waals surface area contributed by atoms with Gasteiger partial charge in [-0.2, -0.15) is 14.9 Å². The third-order valence-electron chi connectivity index (χ3n) is 4.25. The number of benzene rings is 1. The Morgan fingerprint density at radius 2 is 2.07 bits per heavy atom. The van der Waals surface area contributed by atoms with E-state index >= 15 is 0 Å². The number of allylic oxidation sites excluding steroid dienone is 2. The van der Waals surface area contributed by atoms with Gasteiger partial charge in [0.25, 0.3) is 0 Å². The maximum absolute atomic E-state index is 12.3. The highest BCUT2D eigenvalue weighted by Crippen LogP contribution is 2.31. The molecule has 1 aromatic carbocycles. The number of Topliss-reactive ketones (excluding diaryl/α,β-unsaturated/α-hetero) is 1. The van der Waals surface area contributed by atoms with Crippen LogP contribution in [0, 0.1) is 23.0 Å². The average molecular weight is 369 g/mol. The molecule has 1 unspecified atom stereocenters. The first-order chi connectivity index (χ1) is 12.9. The Labute approximate surface area is 155 Å². The number of hydrazone groups is 1. The zero-order valence-electron chi connectivity index (χ0n) is 15.2. The van der Waals surface area contributed by atoms with Crippen molar-refractivity contribution in [3.05, 3.63) is 57.9 Å². The summed E-state index contributed by atoms with van der Waals surface area (Å²) in [4.78, 5) is 22.9. The van der Waals surface area contributed by atoms with Gasteiger partial charge >= 0.3 is 0 Å². The third kappa shape index (κ3) is 3.57. The second kappa shape index (κ2) is 7.40. The van der Waals surface area contributed by atoms with Crippen LogP contribution in [0.2, 0.25) is 0 Å². The Balaban J connectivity index is 1.97. The summed E-state index contributed by atoms with van der Waals surface area (Å²) >= 11 is 0. The van der Waals surface area contributed by atoms with Crippen molar-refractivity contribution in [2.45, 2.75) is 20.3 Å². The average Bonchev–Trinajstić information content (AvgIpc) is 2.98. The second-order valence-corrected chi connectivity index (χ2v) is 6.19. The summed E-state index contributed by atoms with van der Waals surface area (Å²) in [5.41, 5.74) is 4.66. The van der Waals surface area contributed by atoms with Crippen LogP contribution in [0.1, 0.15) is 19.0 Å². The van der Waals surface area contributed by atoms with E-state index in [1.807, 2.05) is 30.3 Å². The first kappa shape index (κ1) is 18.3. The number of carbonyl (C=O) groups is 1. The Kier molecular flexibility index (Phi) is 5.02. The first-order valence-corrected chi connectivity index (χ1v) is 8.34. The fourth-order valence-corrected chi connectivity index (χ4v) is 2.84. The van der Waals surface area contributed by atoms with Crippen LogP contribution in [0.25, 0.3) is 5.69 Å². The van der Waals surface area contributed by atoms with Gasteiger partial charge < -0.3 is 4.74 Å². The molecule has 140 valence electrons. The lowest BCUT2D eigenvalue weighted by atomic mass is 9.91. The summed E-state index contributed by atoms with van der Waals surface area (Å²) in [6.45, 7) is 3.42. The molecule has 0 saturated heterocycles. The zero-order chi connectivity index (χ0) is 19.6. The van der Waals surface area contributed by atoms with E-state index in [2.05, 4.69) is 15.6 Å². The second-order valence-electron chi connectivity index (χ2n) is 6.19. The minimum absolute atomic E-state index is 0.00867. The standard InChI is InChI=1S/C18H19N5O4/c1-11-9-14(23(25)26)10-15(17(11)24)19-20-16-12(2)21-22(18(16)27-3)13-7-5-4-6-8-13/h4-8,10-11,20H,9H2,1-3H3. The van der Waals surface area contributed by atoms with Gasteiger partial charge in [-0.1, -0.05) is 25.1 Å². The molecule has 27 heavy (non-hydrogen) atoms. The highest BCUT2D eigenvalue weighted by Gasteiger charge is 2.31. The SMILES string of the molecule is COc1c(NN=C2C=C([N+](=O)[O-])CC(C)C2=O)c(C)nn1-c1ccccc1. The van der Waals surface area contributed by atoms with Crippen LogP contribution in [0.15, 0.2) is 47.2 Å². The van der Waals surface area contributed by atoms with E-state index in [9.17, 15) is 14.9 Å². The van der Waals surface area contributed by atoms with Gasteiger partial charge in [-0.3, -0.25) is 20.3 Å². The predicted molar refractivity (Wildman–Crippen MR) is 99.8 cm³/mol. The maximum Gasteiger partial charge on any atom is 0.249 e. The number of aryl methyl sites for hydroxylation is 1. The van der Waals surface area contributed by atoms with Gasteiger partial charge in [0.15, 0.2) is 5.78 Å². The van der Waals surface area contributed by atoms with Crippen LogP contribution in [0.3, 0.4) is 0 Å². The minimum atomic E-state index is -0.494. The molecule has 1 atom stereocenters. The zero-order valence-corrected chi connectivity index (χ0v) is 15.2. The maximum atomic E-state index is 12.3. The van der Waals surface area contributed by atoms with E-state index in [0.29, 0.717) is 17.3 Å². The fraction of sp³-hybridized carbons (Fsp3) is 0.278. The van der Waals surface area contributed by atoms with E-state index in [-0.39, 0.29) is 23.6 Å². The third-order valence-corrected chi connectivity index (χ3v) is 4.25. The molecule has 0 amide bonds. The number of carbonyl (C=O) groups excluding carboxylic acids is 1. The van der Waals surface area contributed by atoms with E-state index in [0.717, 1.165) is 5.69 Å². The lowest BCUT2D eigenvalue weighted by Gasteiger charge is -2.14. The molecule has 1 heterocycles. The number of para-hydroxylation sites is 1. The molecule has 1 N–H and O–H groups in total. The van der Waals surface area contributed by atoms with Crippen molar-refractivity contribution in [3.8, 4) is 11.6 Å². The summed E-state index contributed by atoms with van der Waals surface area (Å²) < 4.78 is 7.07. The van der Waals surface area contributed by atoms with Crippen molar-refractivity contribution >= 4 is 17.2 Å². The minimum Gasteiger partial charge on any atom is -0.479 e. The highest BCUT2D eigenvalue weighted by atomic mass is 16.6. The molecule has 9 nitrogen and oxygen atoms in total. The van der Waals surface area contributed by atoms with Gasteiger partial charge in [-0.15, -0.1) is 0 Å². The lowest BCUT2D eigenvalue weighted by molar-refractivity contribution is -0.428. The topological polar surface area (TPSA) is 112 Å². The molecule has 0 radical (unpaired) electrons. The van der Waals surface area contributed by atoms with Crippen LogP contribution in [0.5, 0.6) is 5.88 Å². The Hall–Kier alpha value is -3.49. The molecule has 0 aliphatic heterocycles. The number of ketones is 1. The number of nitro groups is 1. The molecule has 0 saturated carbocycles. The van der Waals surface area contributed by atoms with Crippen LogP contribution in [-0.4, -0.2) is 33.3 Å². The predicted octanol–water partition coefficient (Wildman–Crippen LogP) is 2.73. The first-order valence-electron chi connectivity index (χ1n) is 8.34. The monoisotopic (exact) mass is 369 g/mol. The number of nitrogens with one attached hydrogen (secondary N) is 1. The normalized spacial score (nSPS) is 18.3. The molecule has 9 heteroatoms. The number of anilines is 1. The number of methoxy groups -OCH3 is 1. The lowest BCUT2D eigenvalue weighted by Crippen LogP contribution is -2.28. The van der Waals surface area contributed by atoms with Gasteiger partial charge in [0.05, 0.1) is 23.4 Å². The number of rotatable bonds is 5. The largest absolute Gasteiger partial charge is 0.479 e. The molecular weight excluding hydrogens is 350 g/mol. The van der Waals surface area contributed by atoms with Crippen LogP contribution in [-0.2, 0) is 4.79 Å². The summed E-state index contributed by atoms with van der Waals surface area (Å²) in [7, 11) is 1.51. The van der Waals surface area contributed by atoms with Crippen molar-refractivity contribution in [1.29, 1.82) is 0 Å². The number of hydrogen-bond donors (Lipinski definition) is 1. The fourth-order valence-electron chi connectivity index (χ4n) is 2.84. The van der Waals surface area contributed by atoms with Crippen molar-refractivity contribution in [3.63, 3.8) is 0 Å². The van der Waals surface area contributed by atoms with E-state index in [1.165, 1.54) is 13.2 Å². The molecule has 3 rings (SSSR count). The van der Waals surface area contributed by atoms with Crippen molar-refractivity contribution in [2.75, 3.05) is 12.5 Å². The number of aromatic nitrogens is 2. The van der Waals surface area contributed by atoms with Crippen LogP contribution in [0.4, 0.5) is 5.69 Å². The van der Waals surface area contributed by atoms with Crippen LogP contribution < -0.4 is 10.2 Å². The quantitative estimate of drug-likeness (QED) is 0.641. The molecule has 1 aromatic heterocycles. The molecular formula is C18H19N5O4. The Morgan fingerprint density at radius 3 is 2.70 bits per heavy atom. The summed E-state index contributed by atoms with van der Waals surface area (Å²) in [5, 5.41) is 19.6. The molecule has 1 aliphatic carbocycles. The Morgan fingerprint density at radius 1 is 1.37 bits per heavy atom. The van der Waals surface area contributed by atoms with E-state index in [1.54, 1.807) is 18.5 Å². The van der Waals surface area contributed by atoms with Gasteiger partial charge in [0.2, 0.25) is 11.6 Å². The molecule has 0 spiro atoms. The molecule has 2 aromatic rings. The highest BCUT2D eigenvalue weighted by molar-refractivity contribution is 6.45. The van der Waals surface area contributed by atoms with Gasteiger partial charge in [-0.05, 0) is 19.1 Å². The number of nitrogens with zero attached hydrogens (tertiary/aromatic N) is 4. The summed E-state index contributed by atoms with van der Waals surface area (Å²) in [5.74, 6) is -0.330. The Bertz CT molecular complexity index is 946. The van der Waals surface area contributed by atoms with Crippen LogP contribution >= 0.6 is 0 Å². The van der Waals surface area contributed by atoms with Gasteiger partial charge in [-0.25, -0.2) is 0 Å². The van der Waals surface area contributed by atoms with Crippen molar-refractivity contribution in [1.82, 2.24) is 9.78 Å². The molecule has 0 fully saturated rings. The van der Waals surface area contributed by atoms with Crippen molar-refractivity contribution in [2.24, 2.45) is 11.0 Å². The van der Waals surface area contributed by atoms with E-state index < -0.39 is 10.8 Å². The van der Waals surface area contributed by atoms with E-state index in [4.69, 9.17) is 4.74 Å². The smallest absolute Gasteiger partial charge is 0.249 e. The number of ether oxygens (including phenoxy) is 1. The summed E-state index contributed by atoms with van der Waals surface area (Å²) in [6, 6.07) is 9.41. The molecule has 1 aliphatic rings. The van der Waals surface area contributed by atoms with Crippen molar-refractivity contribution < 1.29 is 14.5 Å². The number of hydrogen-bond acceptors (Lipinski definition) is 7. The summed E-state index contributed by atoms with van der Waals surface area (Å²) in [6.07, 6.45) is 1.30. The van der Waals surface area contributed by atoms with Gasteiger partial charge in [0.1, 0.15) is 11.4 Å². The van der Waals surface area contributed by atoms with Gasteiger partial charge in [0, 0.05) is 18.4 Å². The molecule has 0 bridgehead atoms.